The van der Waals surface area contributed by atoms with E-state index in [1.807, 2.05) is 31.0 Å². The Hall–Kier alpha value is -4.09. The van der Waals surface area contributed by atoms with Gasteiger partial charge in [0.2, 0.25) is 0 Å². The second-order valence-electron chi connectivity index (χ2n) is 9.34. The van der Waals surface area contributed by atoms with Crippen molar-refractivity contribution in [2.24, 2.45) is 5.10 Å². The molecule has 0 bridgehead atoms. The van der Waals surface area contributed by atoms with Gasteiger partial charge in [0.05, 0.1) is 18.8 Å². The number of aromatic nitrogens is 1. The molecule has 6 nitrogen and oxygen atoms in total. The zero-order valence-electron chi connectivity index (χ0n) is 20.3. The Morgan fingerprint density at radius 1 is 0.816 bits per heavy atom. The van der Waals surface area contributed by atoms with Crippen molar-refractivity contribution in [3.8, 4) is 33.7 Å². The van der Waals surface area contributed by atoms with E-state index in [-0.39, 0.29) is 27.9 Å². The van der Waals surface area contributed by atoms with Crippen molar-refractivity contribution >= 4 is 41.2 Å². The van der Waals surface area contributed by atoms with Crippen LogP contribution < -0.4 is 20.6 Å². The molecule has 8 heteroatoms. The molecule has 0 radical (unpaired) electrons. The third kappa shape index (κ3) is 3.32. The molecular formula is C30H19BN5OPt-3. The van der Waals surface area contributed by atoms with Crippen molar-refractivity contribution in [3.05, 3.63) is 104 Å². The minimum absolute atomic E-state index is 0. The first-order valence-electron chi connectivity index (χ1n) is 12.2. The molecule has 186 valence electrons. The van der Waals surface area contributed by atoms with Crippen LogP contribution >= 0.6 is 0 Å². The van der Waals surface area contributed by atoms with Crippen molar-refractivity contribution in [2.75, 3.05) is 16.8 Å². The summed E-state index contributed by atoms with van der Waals surface area (Å²) in [7, 11) is 1.92. The Labute approximate surface area is 235 Å². The molecule has 38 heavy (non-hydrogen) atoms. The molecule has 0 saturated heterocycles. The SMILES string of the molecule is CN1[CH-]N(c2[c-]c3c(cc2)-c2ccccc2N2B3c3[c-]c(-c4ncco4)ccc3-c3ccccc32)C=N1.[Pt]. The van der Waals surface area contributed by atoms with Crippen LogP contribution in [0.1, 0.15) is 0 Å². The van der Waals surface area contributed by atoms with E-state index in [0.717, 1.165) is 27.7 Å². The summed E-state index contributed by atoms with van der Waals surface area (Å²) in [6.45, 7) is 1.82. The van der Waals surface area contributed by atoms with Crippen molar-refractivity contribution < 1.29 is 25.5 Å². The van der Waals surface area contributed by atoms with E-state index in [9.17, 15) is 0 Å². The molecule has 0 aliphatic carbocycles. The fraction of sp³-hybridized carbons (Fsp3) is 0.0333. The molecule has 4 heterocycles. The summed E-state index contributed by atoms with van der Waals surface area (Å²) in [6.07, 6.45) is 5.08. The number of rotatable bonds is 2. The number of oxazole rings is 1. The molecule has 0 amide bonds. The first-order chi connectivity index (χ1) is 18.3. The first-order valence-corrected chi connectivity index (χ1v) is 12.2. The smallest absolute Gasteiger partial charge is 0.285 e. The molecule has 3 aliphatic rings. The Morgan fingerprint density at radius 2 is 1.50 bits per heavy atom. The molecule has 1 aromatic heterocycles. The van der Waals surface area contributed by atoms with Crippen LogP contribution in [0.25, 0.3) is 33.7 Å². The number of hydrazone groups is 1. The zero-order chi connectivity index (χ0) is 24.5. The van der Waals surface area contributed by atoms with E-state index in [1.165, 1.54) is 28.1 Å². The second kappa shape index (κ2) is 8.74. The van der Waals surface area contributed by atoms with Crippen LogP contribution in [0.15, 0.2) is 94.8 Å². The number of benzene rings is 4. The predicted molar refractivity (Wildman–Crippen MR) is 147 cm³/mol. The summed E-state index contributed by atoms with van der Waals surface area (Å²) in [5, 5.41) is 6.14. The van der Waals surface area contributed by atoms with E-state index >= 15 is 0 Å². The number of hydrogen-bond donors (Lipinski definition) is 0. The predicted octanol–water partition coefficient (Wildman–Crippen LogP) is 4.66. The van der Waals surface area contributed by atoms with Crippen LogP contribution in [0.5, 0.6) is 0 Å². The van der Waals surface area contributed by atoms with Crippen LogP contribution in [0.3, 0.4) is 0 Å². The number of hydrogen-bond acceptors (Lipinski definition) is 6. The van der Waals surface area contributed by atoms with Gasteiger partial charge in [-0.25, -0.2) is 5.10 Å². The normalized spacial score (nSPS) is 14.3. The van der Waals surface area contributed by atoms with Gasteiger partial charge in [0.25, 0.3) is 6.85 Å². The van der Waals surface area contributed by atoms with Crippen molar-refractivity contribution in [3.63, 3.8) is 0 Å². The Balaban J connectivity index is 0.00000242. The number of anilines is 3. The van der Waals surface area contributed by atoms with E-state index in [2.05, 4.69) is 93.8 Å². The van der Waals surface area contributed by atoms with Gasteiger partial charge in [0.1, 0.15) is 5.89 Å². The van der Waals surface area contributed by atoms with Gasteiger partial charge in [-0.1, -0.05) is 47.5 Å². The molecule has 0 saturated carbocycles. The average Bonchev–Trinajstić information content (AvgIpc) is 3.65. The molecule has 0 spiro atoms. The summed E-state index contributed by atoms with van der Waals surface area (Å²) in [5.74, 6) is 0.563. The van der Waals surface area contributed by atoms with Crippen LogP contribution in [0, 0.1) is 18.8 Å². The van der Waals surface area contributed by atoms with Gasteiger partial charge in [-0.3, -0.25) is 4.98 Å². The van der Waals surface area contributed by atoms with Crippen LogP contribution in [-0.2, 0) is 21.1 Å². The molecule has 3 aliphatic heterocycles. The van der Waals surface area contributed by atoms with Gasteiger partial charge in [0.15, 0.2) is 0 Å². The summed E-state index contributed by atoms with van der Waals surface area (Å²) in [5.41, 5.74) is 11.0. The van der Waals surface area contributed by atoms with Gasteiger partial charge in [0, 0.05) is 32.4 Å². The Morgan fingerprint density at radius 3 is 2.16 bits per heavy atom. The van der Waals surface area contributed by atoms with Crippen molar-refractivity contribution in [1.82, 2.24) is 9.99 Å². The summed E-state index contributed by atoms with van der Waals surface area (Å²) in [6, 6.07) is 33.2. The van der Waals surface area contributed by atoms with Crippen LogP contribution in [-0.4, -0.2) is 30.2 Å². The summed E-state index contributed by atoms with van der Waals surface area (Å²) >= 11 is 0. The van der Waals surface area contributed by atoms with Gasteiger partial charge in [-0.05, 0) is 24.7 Å². The summed E-state index contributed by atoms with van der Waals surface area (Å²) in [4.78, 5) is 8.81. The molecule has 8 rings (SSSR count). The van der Waals surface area contributed by atoms with E-state index < -0.39 is 0 Å². The quantitative estimate of drug-likeness (QED) is 0.202. The van der Waals surface area contributed by atoms with Crippen molar-refractivity contribution in [2.45, 2.75) is 0 Å². The third-order valence-electron chi connectivity index (χ3n) is 7.24. The van der Waals surface area contributed by atoms with Gasteiger partial charge >= 0.3 is 0 Å². The monoisotopic (exact) mass is 671 g/mol. The number of fused-ring (bicyclic) bond motifs is 11. The fourth-order valence-electron chi connectivity index (χ4n) is 5.68. The van der Waals surface area contributed by atoms with E-state index in [4.69, 9.17) is 4.42 Å². The van der Waals surface area contributed by atoms with E-state index in [1.54, 1.807) is 17.5 Å². The minimum atomic E-state index is -0.123. The maximum Gasteiger partial charge on any atom is 0.285 e. The largest absolute Gasteiger partial charge is 0.489 e. The van der Waals surface area contributed by atoms with E-state index in [0.29, 0.717) is 5.89 Å². The van der Waals surface area contributed by atoms with Crippen LogP contribution in [0.2, 0.25) is 0 Å². The minimum Gasteiger partial charge on any atom is -0.489 e. The zero-order valence-corrected chi connectivity index (χ0v) is 22.5. The fourth-order valence-corrected chi connectivity index (χ4v) is 5.68. The Bertz CT molecular complexity index is 1720. The second-order valence-corrected chi connectivity index (χ2v) is 9.34. The van der Waals surface area contributed by atoms with Gasteiger partial charge < -0.3 is 19.1 Å². The number of nitrogens with zero attached hydrogens (tertiary/aromatic N) is 5. The first kappa shape index (κ1) is 23.1. The molecule has 4 aromatic carbocycles. The van der Waals surface area contributed by atoms with Gasteiger partial charge in [-0.15, -0.1) is 53.2 Å². The molecule has 0 atom stereocenters. The Kier molecular flexibility index (Phi) is 5.31. The standard InChI is InChI=1S/C30H19BN5O.Pt/c1-34-19-35(18-33-34)21-11-13-23-25-7-3-5-9-29(25)36-28-8-4-2-6-24(28)22-12-10-20(30-32-14-15-37-30)16-26(22)31(36)27(23)17-21;/h2-15,18-19H,1H3;/q-3;. The molecule has 5 aromatic rings. The molecule has 0 fully saturated rings. The molecule has 0 unspecified atom stereocenters. The summed E-state index contributed by atoms with van der Waals surface area (Å²) < 4.78 is 5.64. The van der Waals surface area contributed by atoms with Crippen LogP contribution in [0.4, 0.5) is 17.1 Å². The maximum absolute atomic E-state index is 5.64. The maximum atomic E-state index is 5.64. The topological polar surface area (TPSA) is 48.1 Å². The molecular weight excluding hydrogens is 652 g/mol. The number of para-hydroxylation sites is 2. The van der Waals surface area contributed by atoms with Gasteiger partial charge in [-0.2, -0.15) is 17.6 Å². The average molecular weight is 671 g/mol. The third-order valence-corrected chi connectivity index (χ3v) is 7.24. The molecule has 0 N–H and O–H groups in total. The van der Waals surface area contributed by atoms with Crippen molar-refractivity contribution in [1.29, 1.82) is 0 Å².